The number of carboxylic acids is 1. The van der Waals surface area contributed by atoms with E-state index in [4.69, 9.17) is 5.11 Å². The Morgan fingerprint density at radius 1 is 1.12 bits per heavy atom. The quantitative estimate of drug-likeness (QED) is 0.456. The molecule has 2 N–H and O–H groups in total. The molecule has 0 aromatic rings. The third kappa shape index (κ3) is 9.60. The average molecular weight is 241 g/mol. The number of unbranched alkanes of at least 4 members (excludes halogenated alkanes) is 5. The fraction of sp³-hybridized carbons (Fsp3) is 0.692. The zero-order valence-electron chi connectivity index (χ0n) is 10.6. The van der Waals surface area contributed by atoms with Crippen molar-refractivity contribution in [3.8, 4) is 0 Å². The van der Waals surface area contributed by atoms with Crippen LogP contribution in [-0.4, -0.2) is 23.5 Å². The van der Waals surface area contributed by atoms with Gasteiger partial charge in [0.05, 0.1) is 6.42 Å². The number of carboxylic acid groups (broad SMARTS) is 1. The minimum atomic E-state index is -1.02. The molecule has 0 saturated heterocycles. The third-order valence-corrected chi connectivity index (χ3v) is 2.50. The van der Waals surface area contributed by atoms with Crippen molar-refractivity contribution in [1.29, 1.82) is 0 Å². The Balaban J connectivity index is 3.45. The summed E-state index contributed by atoms with van der Waals surface area (Å²) in [6.45, 7) is 6.22. The van der Waals surface area contributed by atoms with Gasteiger partial charge < -0.3 is 10.4 Å². The summed E-state index contributed by atoms with van der Waals surface area (Å²) in [5.74, 6) is -1.37. The monoisotopic (exact) mass is 241 g/mol. The van der Waals surface area contributed by atoms with Crippen LogP contribution < -0.4 is 5.32 Å². The lowest BCUT2D eigenvalue weighted by Crippen LogP contribution is -2.26. The molecule has 0 saturated carbocycles. The molecule has 98 valence electrons. The summed E-state index contributed by atoms with van der Waals surface area (Å²) in [7, 11) is 0. The number of aliphatic carboxylic acids is 1. The Morgan fingerprint density at radius 2 is 1.71 bits per heavy atom. The fourth-order valence-electron chi connectivity index (χ4n) is 1.50. The van der Waals surface area contributed by atoms with Crippen LogP contribution in [0.25, 0.3) is 0 Å². The Kier molecular flexibility index (Phi) is 9.11. The second-order valence-electron chi connectivity index (χ2n) is 4.20. The Labute approximate surface area is 103 Å². The van der Waals surface area contributed by atoms with Gasteiger partial charge in [-0.15, -0.1) is 0 Å². The summed E-state index contributed by atoms with van der Waals surface area (Å²) >= 11 is 0. The normalized spacial score (nSPS) is 9.94. The van der Waals surface area contributed by atoms with Gasteiger partial charge in [-0.2, -0.15) is 0 Å². The van der Waals surface area contributed by atoms with Crippen molar-refractivity contribution in [1.82, 2.24) is 5.32 Å². The second kappa shape index (κ2) is 9.87. The van der Waals surface area contributed by atoms with Gasteiger partial charge in [0, 0.05) is 12.1 Å². The zero-order chi connectivity index (χ0) is 13.1. The molecular weight excluding hydrogens is 218 g/mol. The molecule has 0 heterocycles. The predicted molar refractivity (Wildman–Crippen MR) is 67.8 cm³/mol. The molecule has 0 unspecified atom stereocenters. The van der Waals surface area contributed by atoms with Crippen molar-refractivity contribution >= 4 is 11.9 Å². The Hall–Kier alpha value is -1.32. The molecule has 0 rings (SSSR count). The number of hydrogen-bond donors (Lipinski definition) is 2. The number of amides is 1. The highest BCUT2D eigenvalue weighted by Gasteiger charge is 2.09. The Bertz CT molecular complexity index is 261. The van der Waals surface area contributed by atoms with E-state index in [0.717, 1.165) is 12.8 Å². The highest BCUT2D eigenvalue weighted by atomic mass is 16.4. The van der Waals surface area contributed by atoms with Gasteiger partial charge in [-0.25, -0.2) is 0 Å². The Morgan fingerprint density at radius 3 is 2.29 bits per heavy atom. The van der Waals surface area contributed by atoms with Gasteiger partial charge in [0.25, 0.3) is 0 Å². The van der Waals surface area contributed by atoms with Crippen molar-refractivity contribution in [2.45, 2.75) is 51.9 Å². The minimum absolute atomic E-state index is 0.114. The van der Waals surface area contributed by atoms with Crippen LogP contribution in [0.2, 0.25) is 0 Å². The predicted octanol–water partition coefficient (Wildman–Crippen LogP) is 2.49. The van der Waals surface area contributed by atoms with Crippen LogP contribution in [0.5, 0.6) is 0 Å². The van der Waals surface area contributed by atoms with Crippen molar-refractivity contribution in [3.05, 3.63) is 12.2 Å². The van der Waals surface area contributed by atoms with Crippen LogP contribution in [-0.2, 0) is 9.59 Å². The van der Waals surface area contributed by atoms with Crippen LogP contribution in [0.3, 0.4) is 0 Å². The van der Waals surface area contributed by atoms with E-state index in [0.29, 0.717) is 6.54 Å². The molecule has 1 amide bonds. The van der Waals surface area contributed by atoms with Gasteiger partial charge in [-0.1, -0.05) is 45.6 Å². The molecule has 4 heteroatoms. The third-order valence-electron chi connectivity index (χ3n) is 2.50. The van der Waals surface area contributed by atoms with E-state index in [1.54, 1.807) is 0 Å². The van der Waals surface area contributed by atoms with E-state index in [9.17, 15) is 9.59 Å². The first-order valence-electron chi connectivity index (χ1n) is 6.25. The van der Waals surface area contributed by atoms with Gasteiger partial charge in [-0.3, -0.25) is 9.59 Å². The summed E-state index contributed by atoms with van der Waals surface area (Å²) in [4.78, 5) is 21.7. The van der Waals surface area contributed by atoms with Gasteiger partial charge >= 0.3 is 5.97 Å². The van der Waals surface area contributed by atoms with Crippen LogP contribution in [0.4, 0.5) is 0 Å². The molecule has 0 aromatic carbocycles. The topological polar surface area (TPSA) is 66.4 Å². The lowest BCUT2D eigenvalue weighted by molar-refractivity contribution is -0.137. The number of carbonyl (C=O) groups is 2. The van der Waals surface area contributed by atoms with Crippen molar-refractivity contribution in [2.24, 2.45) is 0 Å². The van der Waals surface area contributed by atoms with E-state index >= 15 is 0 Å². The second-order valence-corrected chi connectivity index (χ2v) is 4.20. The maximum atomic E-state index is 11.3. The highest BCUT2D eigenvalue weighted by molar-refractivity contribution is 5.96. The SMILES string of the molecule is C=C(CC(=O)O)C(=O)NCCCCCCCC. The maximum absolute atomic E-state index is 11.3. The first-order valence-corrected chi connectivity index (χ1v) is 6.25. The molecule has 0 spiro atoms. The van der Waals surface area contributed by atoms with Gasteiger partial charge in [0.2, 0.25) is 5.91 Å². The van der Waals surface area contributed by atoms with E-state index in [1.807, 2.05) is 0 Å². The van der Waals surface area contributed by atoms with Crippen molar-refractivity contribution in [3.63, 3.8) is 0 Å². The molecule has 0 radical (unpaired) electrons. The summed E-state index contributed by atoms with van der Waals surface area (Å²) < 4.78 is 0. The van der Waals surface area contributed by atoms with Crippen molar-refractivity contribution in [2.75, 3.05) is 6.54 Å². The lowest BCUT2D eigenvalue weighted by atomic mass is 10.1. The molecular formula is C13H23NO3. The molecule has 0 aliphatic rings. The summed E-state index contributed by atoms with van der Waals surface area (Å²) in [6, 6.07) is 0. The van der Waals surface area contributed by atoms with Gasteiger partial charge in [0.1, 0.15) is 0 Å². The standard InChI is InChI=1S/C13H23NO3/c1-3-4-5-6-7-8-9-14-13(17)11(2)10-12(15)16/h2-10H2,1H3,(H,14,17)(H,15,16). The lowest BCUT2D eigenvalue weighted by Gasteiger charge is -2.05. The van der Waals surface area contributed by atoms with E-state index in [2.05, 4.69) is 18.8 Å². The summed E-state index contributed by atoms with van der Waals surface area (Å²) in [6.07, 6.45) is 6.69. The van der Waals surface area contributed by atoms with Gasteiger partial charge in [-0.05, 0) is 6.42 Å². The van der Waals surface area contributed by atoms with Crippen LogP contribution in [0, 0.1) is 0 Å². The summed E-state index contributed by atoms with van der Waals surface area (Å²) in [5, 5.41) is 11.2. The largest absolute Gasteiger partial charge is 0.481 e. The van der Waals surface area contributed by atoms with Crippen LogP contribution in [0.1, 0.15) is 51.9 Å². The first kappa shape index (κ1) is 15.7. The fourth-order valence-corrected chi connectivity index (χ4v) is 1.50. The van der Waals surface area contributed by atoms with Crippen LogP contribution >= 0.6 is 0 Å². The summed E-state index contributed by atoms with van der Waals surface area (Å²) in [5.41, 5.74) is 0.114. The zero-order valence-corrected chi connectivity index (χ0v) is 10.6. The molecule has 17 heavy (non-hydrogen) atoms. The molecule has 0 aromatic heterocycles. The molecule has 0 atom stereocenters. The maximum Gasteiger partial charge on any atom is 0.308 e. The number of rotatable bonds is 10. The van der Waals surface area contributed by atoms with Crippen LogP contribution in [0.15, 0.2) is 12.2 Å². The number of carbonyl (C=O) groups excluding carboxylic acids is 1. The first-order chi connectivity index (χ1) is 8.07. The molecule has 4 nitrogen and oxygen atoms in total. The van der Waals surface area contributed by atoms with Crippen molar-refractivity contribution < 1.29 is 14.7 Å². The van der Waals surface area contributed by atoms with E-state index < -0.39 is 5.97 Å². The minimum Gasteiger partial charge on any atom is -0.481 e. The molecule has 0 fully saturated rings. The van der Waals surface area contributed by atoms with E-state index in [1.165, 1.54) is 25.7 Å². The van der Waals surface area contributed by atoms with E-state index in [-0.39, 0.29) is 17.9 Å². The number of nitrogens with one attached hydrogen (secondary N) is 1. The smallest absolute Gasteiger partial charge is 0.308 e. The molecule has 0 bridgehead atoms. The molecule has 0 aliphatic carbocycles. The van der Waals surface area contributed by atoms with Gasteiger partial charge in [0.15, 0.2) is 0 Å². The highest BCUT2D eigenvalue weighted by Crippen LogP contribution is 2.04. The number of hydrogen-bond acceptors (Lipinski definition) is 2. The molecule has 0 aliphatic heterocycles. The average Bonchev–Trinajstić information content (AvgIpc) is 2.26.